The first-order valence-corrected chi connectivity index (χ1v) is 13.9. The normalized spacial score (nSPS) is 24.9. The van der Waals surface area contributed by atoms with Gasteiger partial charge in [0.15, 0.2) is 11.6 Å². The molecule has 2 aromatic rings. The number of Topliss-reactive ketones (excluding diaryl/α,β-unsaturated/α-hetero) is 1. The van der Waals surface area contributed by atoms with E-state index in [1.165, 1.54) is 6.07 Å². The number of phenols is 2. The molecule has 0 saturated carbocycles. The molecule has 0 bridgehead atoms. The number of aromatic hydroxyl groups is 2. The Kier molecular flexibility index (Phi) is 6.79. The number of phenolic OH excluding ortho intramolecular Hbond substituents is 1. The van der Waals surface area contributed by atoms with Crippen molar-refractivity contribution < 1.29 is 57.2 Å². The third kappa shape index (κ3) is 4.60. The van der Waals surface area contributed by atoms with Crippen molar-refractivity contribution in [3.05, 3.63) is 80.9 Å². The number of hydrogen-bond acceptors (Lipinski definition) is 8. The highest BCUT2D eigenvalue weighted by atomic mass is 79.9. The molecule has 4 atom stereocenters. The van der Waals surface area contributed by atoms with Gasteiger partial charge in [-0.05, 0) is 65.0 Å². The molecule has 14 heteroatoms. The van der Waals surface area contributed by atoms with Crippen LogP contribution >= 0.6 is 15.9 Å². The second-order valence-electron chi connectivity index (χ2n) is 10.7. The van der Waals surface area contributed by atoms with E-state index in [1.807, 2.05) is 0 Å². The molecule has 10 nitrogen and oxygen atoms in total. The average Bonchev–Trinajstić information content (AvgIpc) is 3.20. The molecule has 3 N–H and O–H groups in total. The van der Waals surface area contributed by atoms with E-state index in [-0.39, 0.29) is 39.7 Å². The van der Waals surface area contributed by atoms with Gasteiger partial charge in [0.25, 0.3) is 0 Å². The highest BCUT2D eigenvalue weighted by Crippen LogP contribution is 2.57. The average molecular weight is 674 g/mol. The number of nitrogens with zero attached hydrogens (tertiary/aromatic N) is 1. The van der Waals surface area contributed by atoms with Gasteiger partial charge in [0.1, 0.15) is 22.8 Å². The Morgan fingerprint density at radius 3 is 2.36 bits per heavy atom. The number of carboxylic acids is 1. The molecule has 0 radical (unpaired) electrons. The van der Waals surface area contributed by atoms with E-state index < -0.39 is 82.2 Å². The van der Waals surface area contributed by atoms with Crippen molar-refractivity contribution in [1.82, 2.24) is 0 Å². The molecule has 0 unspecified atom stereocenters. The highest BCUT2D eigenvalue weighted by Gasteiger charge is 2.57. The molecule has 1 saturated heterocycles. The number of alkyl halides is 3. The van der Waals surface area contributed by atoms with Crippen LogP contribution in [0.1, 0.15) is 34.7 Å². The summed E-state index contributed by atoms with van der Waals surface area (Å²) in [5.74, 6) is -9.95. The summed E-state index contributed by atoms with van der Waals surface area (Å²) in [6, 6.07) is 5.99. The Labute approximate surface area is 253 Å². The number of amides is 2. The minimum Gasteiger partial charge on any atom is -0.508 e. The quantitative estimate of drug-likeness (QED) is 0.238. The fourth-order valence-corrected chi connectivity index (χ4v) is 7.06. The van der Waals surface area contributed by atoms with Crippen LogP contribution in [-0.4, -0.2) is 51.0 Å². The molecule has 2 amide bonds. The van der Waals surface area contributed by atoms with Crippen molar-refractivity contribution in [3.63, 3.8) is 0 Å². The van der Waals surface area contributed by atoms with Crippen LogP contribution in [0.25, 0.3) is 0 Å². The molecule has 6 rings (SSSR count). The third-order valence-corrected chi connectivity index (χ3v) is 8.93. The van der Waals surface area contributed by atoms with Crippen LogP contribution in [0, 0.1) is 17.8 Å². The SMILES string of the molecule is O=C1C=C(Br)C(=O)C2=C1[C@@H](c1cc(OC(F)(F)F)ccc1O)C1=CC[C@@H]3C(=O)N(c4ccc(C(=O)O)c(O)c4)C(=O)[C@@H]3[C@@H]1C2. The van der Waals surface area contributed by atoms with Crippen molar-refractivity contribution in [1.29, 1.82) is 0 Å². The van der Waals surface area contributed by atoms with E-state index in [9.17, 15) is 52.5 Å². The van der Waals surface area contributed by atoms with Gasteiger partial charge in [-0.3, -0.25) is 19.2 Å². The Morgan fingerprint density at radius 2 is 1.70 bits per heavy atom. The molecule has 1 heterocycles. The third-order valence-electron chi connectivity index (χ3n) is 8.34. The van der Waals surface area contributed by atoms with Crippen molar-refractivity contribution in [2.75, 3.05) is 4.90 Å². The van der Waals surface area contributed by atoms with Crippen molar-refractivity contribution in [2.45, 2.75) is 25.1 Å². The molecular weight excluding hydrogens is 655 g/mol. The van der Waals surface area contributed by atoms with Crippen molar-refractivity contribution in [2.24, 2.45) is 17.8 Å². The van der Waals surface area contributed by atoms with Gasteiger partial charge in [-0.1, -0.05) is 11.6 Å². The van der Waals surface area contributed by atoms with Crippen LogP contribution in [0.15, 0.2) is 69.8 Å². The summed E-state index contributed by atoms with van der Waals surface area (Å²) in [5, 5.41) is 30.3. The Hall–Kier alpha value is -4.72. The smallest absolute Gasteiger partial charge is 0.508 e. The number of ether oxygens (including phenoxy) is 1. The van der Waals surface area contributed by atoms with Crippen molar-refractivity contribution in [3.8, 4) is 17.2 Å². The molecule has 226 valence electrons. The van der Waals surface area contributed by atoms with E-state index in [2.05, 4.69) is 20.7 Å². The maximum atomic E-state index is 13.9. The lowest BCUT2D eigenvalue weighted by Crippen LogP contribution is -2.39. The first-order valence-electron chi connectivity index (χ1n) is 13.1. The van der Waals surface area contributed by atoms with Crippen LogP contribution in [0.3, 0.4) is 0 Å². The highest BCUT2D eigenvalue weighted by molar-refractivity contribution is 9.12. The second-order valence-corrected chi connectivity index (χ2v) is 11.5. The minimum atomic E-state index is -5.06. The number of rotatable bonds is 4. The lowest BCUT2D eigenvalue weighted by Gasteiger charge is -2.42. The van der Waals surface area contributed by atoms with Gasteiger partial charge in [0.2, 0.25) is 11.8 Å². The minimum absolute atomic E-state index is 0.0131. The number of allylic oxidation sites excluding steroid dienone is 6. The van der Waals surface area contributed by atoms with E-state index in [4.69, 9.17) is 0 Å². The van der Waals surface area contributed by atoms with Gasteiger partial charge < -0.3 is 20.1 Å². The predicted octanol–water partition coefficient (Wildman–Crippen LogP) is 4.66. The topological polar surface area (TPSA) is 159 Å². The van der Waals surface area contributed by atoms with E-state index in [0.29, 0.717) is 5.57 Å². The maximum Gasteiger partial charge on any atom is 0.573 e. The summed E-state index contributed by atoms with van der Waals surface area (Å²) in [7, 11) is 0. The van der Waals surface area contributed by atoms with Gasteiger partial charge in [-0.25, -0.2) is 9.69 Å². The summed E-state index contributed by atoms with van der Waals surface area (Å²) in [6.45, 7) is 0. The van der Waals surface area contributed by atoms with Gasteiger partial charge in [0.05, 0.1) is 22.0 Å². The van der Waals surface area contributed by atoms with Crippen molar-refractivity contribution >= 4 is 51.0 Å². The molecule has 2 aromatic carbocycles. The van der Waals surface area contributed by atoms with Gasteiger partial charge in [-0.15, -0.1) is 13.2 Å². The number of anilines is 1. The summed E-state index contributed by atoms with van der Waals surface area (Å²) in [5.41, 5.74) is -0.398. The van der Waals surface area contributed by atoms with E-state index in [1.54, 1.807) is 6.08 Å². The summed E-state index contributed by atoms with van der Waals surface area (Å²) in [4.78, 5) is 66.3. The molecule has 1 aliphatic heterocycles. The number of halogens is 4. The lowest BCUT2D eigenvalue weighted by atomic mass is 9.59. The summed E-state index contributed by atoms with van der Waals surface area (Å²) in [6.07, 6.45) is -2.60. The van der Waals surface area contributed by atoms with Crippen LogP contribution in [0.4, 0.5) is 18.9 Å². The molecule has 4 aliphatic rings. The zero-order valence-electron chi connectivity index (χ0n) is 22.1. The Morgan fingerprint density at radius 1 is 0.977 bits per heavy atom. The summed E-state index contributed by atoms with van der Waals surface area (Å²) < 4.78 is 43.2. The van der Waals surface area contributed by atoms with Crippen LogP contribution in [0.5, 0.6) is 17.2 Å². The van der Waals surface area contributed by atoms with E-state index >= 15 is 0 Å². The fraction of sp³-hybridized carbons (Fsp3) is 0.233. The van der Waals surface area contributed by atoms with Crippen LogP contribution in [0.2, 0.25) is 0 Å². The zero-order chi connectivity index (χ0) is 31.8. The molecule has 0 spiro atoms. The number of aromatic carboxylic acids is 1. The second kappa shape index (κ2) is 10.2. The van der Waals surface area contributed by atoms with Gasteiger partial charge >= 0.3 is 12.3 Å². The largest absolute Gasteiger partial charge is 0.573 e. The molecule has 0 aromatic heterocycles. The number of imide groups is 1. The number of benzene rings is 2. The zero-order valence-corrected chi connectivity index (χ0v) is 23.7. The first kappa shape index (κ1) is 29.4. The number of carboxylic acid groups (broad SMARTS) is 1. The number of carbonyl (C=O) groups is 5. The van der Waals surface area contributed by atoms with Crippen LogP contribution < -0.4 is 9.64 Å². The number of fused-ring (bicyclic) bond motifs is 3. The Bertz CT molecular complexity index is 1810. The fourth-order valence-electron chi connectivity index (χ4n) is 6.62. The Balaban J connectivity index is 1.47. The number of hydrogen-bond donors (Lipinski definition) is 3. The molecule has 44 heavy (non-hydrogen) atoms. The molecular formula is C30H19BrF3NO9. The van der Waals surface area contributed by atoms with Gasteiger partial charge in [-0.2, -0.15) is 0 Å². The van der Waals surface area contributed by atoms with E-state index in [0.717, 1.165) is 41.3 Å². The maximum absolute atomic E-state index is 13.9. The predicted molar refractivity (Wildman–Crippen MR) is 147 cm³/mol. The monoisotopic (exact) mass is 673 g/mol. The standard InChI is InChI=1S/C30H19BrF3NO9/c31-19-10-22(38)25-18(26(19)39)9-16-13(23(25)17-8-12(2-6-20(17)36)44-30(32,33)34)4-5-15-24(16)28(41)35(27(15)40)11-1-3-14(29(42)43)21(37)7-11/h1-4,6-8,10,15-16,23-24,36-37H,5,9H2,(H,42,43)/t15-,16+,23+,24-/m0/s1. The number of carbonyl (C=O) groups excluding carboxylic acids is 4. The van der Waals surface area contributed by atoms with Crippen LogP contribution in [-0.2, 0) is 19.2 Å². The van der Waals surface area contributed by atoms with Gasteiger partial charge in [0, 0.05) is 34.8 Å². The molecule has 1 fully saturated rings. The summed E-state index contributed by atoms with van der Waals surface area (Å²) >= 11 is 3.07. The lowest BCUT2D eigenvalue weighted by molar-refractivity contribution is -0.274. The number of ketones is 2. The molecule has 3 aliphatic carbocycles. The first-order chi connectivity index (χ1) is 20.7.